The predicted molar refractivity (Wildman–Crippen MR) is 93.1 cm³/mol. The zero-order valence-corrected chi connectivity index (χ0v) is 14.5. The summed E-state index contributed by atoms with van der Waals surface area (Å²) in [6.45, 7) is 4.05. The summed E-state index contributed by atoms with van der Waals surface area (Å²) in [6.07, 6.45) is 2.84. The van der Waals surface area contributed by atoms with Gasteiger partial charge >= 0.3 is 6.03 Å². The molecular weight excluding hydrogens is 306 g/mol. The number of likely N-dealkylation sites (tertiary alicyclic amines) is 1. The first-order valence-electron chi connectivity index (χ1n) is 8.58. The van der Waals surface area contributed by atoms with E-state index < -0.39 is 0 Å². The van der Waals surface area contributed by atoms with Crippen molar-refractivity contribution in [3.63, 3.8) is 0 Å². The first kappa shape index (κ1) is 18.1. The van der Waals surface area contributed by atoms with Gasteiger partial charge in [0, 0.05) is 31.2 Å². The van der Waals surface area contributed by atoms with E-state index in [2.05, 4.69) is 10.6 Å². The fraction of sp³-hybridized carbons (Fsp3) is 0.556. The van der Waals surface area contributed by atoms with Gasteiger partial charge in [-0.3, -0.25) is 4.79 Å². The molecule has 24 heavy (non-hydrogen) atoms. The van der Waals surface area contributed by atoms with Gasteiger partial charge in [0.15, 0.2) is 0 Å². The molecule has 1 aliphatic heterocycles. The largest absolute Gasteiger partial charge is 0.496 e. The molecule has 0 radical (unpaired) electrons. The molecule has 6 nitrogen and oxygen atoms in total. The molecule has 1 aliphatic rings. The summed E-state index contributed by atoms with van der Waals surface area (Å²) >= 11 is 0. The highest BCUT2D eigenvalue weighted by Gasteiger charge is 2.24. The van der Waals surface area contributed by atoms with E-state index in [9.17, 15) is 9.59 Å². The molecule has 2 rings (SSSR count). The lowest BCUT2D eigenvalue weighted by Gasteiger charge is -2.32. The molecule has 1 aromatic carbocycles. The third-order valence-electron chi connectivity index (χ3n) is 4.25. The van der Waals surface area contributed by atoms with Crippen LogP contribution in [0.15, 0.2) is 24.3 Å². The summed E-state index contributed by atoms with van der Waals surface area (Å²) in [5.41, 5.74) is 0.907. The fourth-order valence-electron chi connectivity index (χ4n) is 2.87. The number of piperidine rings is 1. The second-order valence-corrected chi connectivity index (χ2v) is 6.04. The number of nitrogens with zero attached hydrogens (tertiary/aromatic N) is 1. The van der Waals surface area contributed by atoms with Crippen LogP contribution in [0.25, 0.3) is 0 Å². The number of rotatable bonds is 6. The number of nitrogens with one attached hydrogen (secondary N) is 2. The standard InChI is InChI=1S/C18H27N3O3/c1-3-10-19-18(23)20-15-8-11-21(12-9-15)17(22)13-14-6-4-5-7-16(14)24-2/h4-7,15H,3,8-13H2,1-2H3,(H2,19,20,23). The molecule has 0 unspecified atom stereocenters. The predicted octanol–water partition coefficient (Wildman–Crippen LogP) is 1.94. The molecule has 0 atom stereocenters. The zero-order chi connectivity index (χ0) is 17.4. The van der Waals surface area contributed by atoms with E-state index in [0.29, 0.717) is 26.1 Å². The fourth-order valence-corrected chi connectivity index (χ4v) is 2.87. The van der Waals surface area contributed by atoms with E-state index in [0.717, 1.165) is 30.6 Å². The molecule has 6 heteroatoms. The number of methoxy groups -OCH3 is 1. The molecule has 1 heterocycles. The lowest BCUT2D eigenvalue weighted by atomic mass is 10.0. The Morgan fingerprint density at radius 2 is 1.96 bits per heavy atom. The van der Waals surface area contributed by atoms with Gasteiger partial charge in [-0.1, -0.05) is 25.1 Å². The van der Waals surface area contributed by atoms with Gasteiger partial charge < -0.3 is 20.3 Å². The van der Waals surface area contributed by atoms with E-state index in [1.165, 1.54) is 0 Å². The highest BCUT2D eigenvalue weighted by molar-refractivity contribution is 5.79. The van der Waals surface area contributed by atoms with Crippen LogP contribution in [-0.4, -0.2) is 49.6 Å². The summed E-state index contributed by atoms with van der Waals surface area (Å²) in [7, 11) is 1.62. The van der Waals surface area contributed by atoms with E-state index in [4.69, 9.17) is 4.74 Å². The Morgan fingerprint density at radius 1 is 1.25 bits per heavy atom. The van der Waals surface area contributed by atoms with Crippen molar-refractivity contribution in [2.45, 2.75) is 38.6 Å². The minimum Gasteiger partial charge on any atom is -0.496 e. The Labute approximate surface area is 143 Å². The van der Waals surface area contributed by atoms with Crippen LogP contribution in [0.2, 0.25) is 0 Å². The SMILES string of the molecule is CCCNC(=O)NC1CCN(C(=O)Cc2ccccc2OC)CC1. The van der Waals surface area contributed by atoms with Gasteiger partial charge in [-0.2, -0.15) is 0 Å². The molecule has 1 fully saturated rings. The Balaban J connectivity index is 1.79. The lowest BCUT2D eigenvalue weighted by Crippen LogP contribution is -2.49. The molecule has 0 spiro atoms. The van der Waals surface area contributed by atoms with Gasteiger partial charge in [0.1, 0.15) is 5.75 Å². The van der Waals surface area contributed by atoms with E-state index in [1.54, 1.807) is 7.11 Å². The lowest BCUT2D eigenvalue weighted by molar-refractivity contribution is -0.131. The number of carbonyl (C=O) groups excluding carboxylic acids is 2. The van der Waals surface area contributed by atoms with Crippen molar-refractivity contribution in [2.24, 2.45) is 0 Å². The van der Waals surface area contributed by atoms with Crippen molar-refractivity contribution in [3.05, 3.63) is 29.8 Å². The average Bonchev–Trinajstić information content (AvgIpc) is 2.61. The summed E-state index contributed by atoms with van der Waals surface area (Å²) in [5, 5.41) is 5.79. The van der Waals surface area contributed by atoms with Crippen LogP contribution in [0.3, 0.4) is 0 Å². The Bertz CT molecular complexity index is 554. The topological polar surface area (TPSA) is 70.7 Å². The van der Waals surface area contributed by atoms with Crippen molar-refractivity contribution in [2.75, 3.05) is 26.7 Å². The van der Waals surface area contributed by atoms with Gasteiger partial charge in [-0.25, -0.2) is 4.79 Å². The van der Waals surface area contributed by atoms with E-state index >= 15 is 0 Å². The first-order chi connectivity index (χ1) is 11.6. The molecule has 132 valence electrons. The van der Waals surface area contributed by atoms with Crippen molar-refractivity contribution in [3.8, 4) is 5.75 Å². The number of amides is 3. The van der Waals surface area contributed by atoms with Crippen molar-refractivity contribution < 1.29 is 14.3 Å². The minimum absolute atomic E-state index is 0.105. The number of para-hydroxylation sites is 1. The van der Waals surface area contributed by atoms with Gasteiger partial charge in [0.25, 0.3) is 0 Å². The summed E-state index contributed by atoms with van der Waals surface area (Å²) in [5.74, 6) is 0.850. The summed E-state index contributed by atoms with van der Waals surface area (Å²) in [4.78, 5) is 26.0. The molecule has 1 aromatic rings. The number of urea groups is 1. The Morgan fingerprint density at radius 3 is 2.62 bits per heavy atom. The number of benzene rings is 1. The molecule has 0 aromatic heterocycles. The van der Waals surface area contributed by atoms with Crippen LogP contribution < -0.4 is 15.4 Å². The van der Waals surface area contributed by atoms with Crippen molar-refractivity contribution >= 4 is 11.9 Å². The number of carbonyl (C=O) groups is 2. The van der Waals surface area contributed by atoms with Gasteiger partial charge in [0.05, 0.1) is 13.5 Å². The molecule has 1 saturated heterocycles. The second-order valence-electron chi connectivity index (χ2n) is 6.04. The minimum atomic E-state index is -0.115. The number of hydrogen-bond donors (Lipinski definition) is 2. The van der Waals surface area contributed by atoms with Crippen molar-refractivity contribution in [1.82, 2.24) is 15.5 Å². The highest BCUT2D eigenvalue weighted by atomic mass is 16.5. The van der Waals surface area contributed by atoms with Gasteiger partial charge in [-0.05, 0) is 25.3 Å². The van der Waals surface area contributed by atoms with Crippen LogP contribution in [0, 0.1) is 0 Å². The van der Waals surface area contributed by atoms with Crippen molar-refractivity contribution in [1.29, 1.82) is 0 Å². The normalized spacial score (nSPS) is 15.0. The van der Waals surface area contributed by atoms with Crippen LogP contribution in [0.5, 0.6) is 5.75 Å². The second kappa shape index (κ2) is 9.15. The number of ether oxygens (including phenoxy) is 1. The van der Waals surface area contributed by atoms with E-state index in [1.807, 2.05) is 36.1 Å². The van der Waals surface area contributed by atoms with Gasteiger partial charge in [0.2, 0.25) is 5.91 Å². The zero-order valence-electron chi connectivity index (χ0n) is 14.5. The first-order valence-corrected chi connectivity index (χ1v) is 8.58. The molecule has 0 bridgehead atoms. The van der Waals surface area contributed by atoms with Crippen LogP contribution in [-0.2, 0) is 11.2 Å². The summed E-state index contributed by atoms with van der Waals surface area (Å²) in [6, 6.07) is 7.62. The molecule has 2 N–H and O–H groups in total. The quantitative estimate of drug-likeness (QED) is 0.836. The smallest absolute Gasteiger partial charge is 0.315 e. The third kappa shape index (κ3) is 5.15. The Hall–Kier alpha value is -2.24. The van der Waals surface area contributed by atoms with Crippen LogP contribution in [0.1, 0.15) is 31.7 Å². The molecule has 3 amide bonds. The monoisotopic (exact) mass is 333 g/mol. The molecular formula is C18H27N3O3. The van der Waals surface area contributed by atoms with Crippen LogP contribution in [0.4, 0.5) is 4.79 Å². The average molecular weight is 333 g/mol. The molecule has 0 aliphatic carbocycles. The van der Waals surface area contributed by atoms with E-state index in [-0.39, 0.29) is 18.0 Å². The highest BCUT2D eigenvalue weighted by Crippen LogP contribution is 2.19. The number of hydrogen-bond acceptors (Lipinski definition) is 3. The maximum Gasteiger partial charge on any atom is 0.315 e. The summed E-state index contributed by atoms with van der Waals surface area (Å²) < 4.78 is 5.30. The maximum atomic E-state index is 12.5. The Kier molecular flexibility index (Phi) is 6.90. The van der Waals surface area contributed by atoms with Crippen LogP contribution >= 0.6 is 0 Å². The third-order valence-corrected chi connectivity index (χ3v) is 4.25. The molecule has 0 saturated carbocycles. The van der Waals surface area contributed by atoms with Gasteiger partial charge in [-0.15, -0.1) is 0 Å². The maximum absolute atomic E-state index is 12.5.